The first-order valence-corrected chi connectivity index (χ1v) is 8.17. The zero-order valence-corrected chi connectivity index (χ0v) is 13.8. The number of nitrogens with one attached hydrogen (secondary N) is 1. The predicted octanol–water partition coefficient (Wildman–Crippen LogP) is 1.72. The van der Waals surface area contributed by atoms with Crippen LogP contribution < -0.4 is 5.32 Å². The summed E-state index contributed by atoms with van der Waals surface area (Å²) in [5, 5.41) is 8.13. The standard InChI is InChI=1S/C16H30N4O/c1-14-16(13-17-7-12-21-3)15(2)20(18-14)11-10-19-8-5-4-6-9-19/h17H,4-13H2,1-3H3. The molecule has 2 rings (SSSR count). The number of hydrogen-bond acceptors (Lipinski definition) is 4. The van der Waals surface area contributed by atoms with Crippen molar-refractivity contribution in [3.63, 3.8) is 0 Å². The molecule has 0 aliphatic carbocycles. The number of likely N-dealkylation sites (tertiary alicyclic amines) is 1. The van der Waals surface area contributed by atoms with E-state index in [-0.39, 0.29) is 0 Å². The third-order valence-corrected chi connectivity index (χ3v) is 4.39. The Morgan fingerprint density at radius 3 is 2.62 bits per heavy atom. The second-order valence-electron chi connectivity index (χ2n) is 5.94. The number of aromatic nitrogens is 2. The van der Waals surface area contributed by atoms with E-state index >= 15 is 0 Å². The summed E-state index contributed by atoms with van der Waals surface area (Å²) < 4.78 is 7.24. The van der Waals surface area contributed by atoms with Crippen LogP contribution in [0.25, 0.3) is 0 Å². The Morgan fingerprint density at radius 1 is 1.14 bits per heavy atom. The lowest BCUT2D eigenvalue weighted by molar-refractivity contribution is 0.199. The first-order valence-electron chi connectivity index (χ1n) is 8.17. The lowest BCUT2D eigenvalue weighted by atomic mass is 10.1. The summed E-state index contributed by atoms with van der Waals surface area (Å²) in [6, 6.07) is 0. The van der Waals surface area contributed by atoms with Crippen molar-refractivity contribution in [2.24, 2.45) is 0 Å². The van der Waals surface area contributed by atoms with Crippen LogP contribution in [0.4, 0.5) is 0 Å². The van der Waals surface area contributed by atoms with Crippen molar-refractivity contribution < 1.29 is 4.74 Å². The second kappa shape index (κ2) is 8.51. The van der Waals surface area contributed by atoms with Gasteiger partial charge in [-0.05, 0) is 39.8 Å². The second-order valence-corrected chi connectivity index (χ2v) is 5.94. The van der Waals surface area contributed by atoms with Gasteiger partial charge in [0, 0.05) is 38.0 Å². The molecule has 1 fully saturated rings. The van der Waals surface area contributed by atoms with Gasteiger partial charge in [-0.25, -0.2) is 0 Å². The summed E-state index contributed by atoms with van der Waals surface area (Å²) in [6.45, 7) is 11.4. The van der Waals surface area contributed by atoms with E-state index in [1.807, 2.05) is 0 Å². The van der Waals surface area contributed by atoms with Gasteiger partial charge in [0.15, 0.2) is 0 Å². The lowest BCUT2D eigenvalue weighted by Gasteiger charge is -2.26. The van der Waals surface area contributed by atoms with Gasteiger partial charge in [-0.15, -0.1) is 0 Å². The molecule has 1 aromatic heterocycles. The highest BCUT2D eigenvalue weighted by molar-refractivity contribution is 5.24. The van der Waals surface area contributed by atoms with E-state index in [1.54, 1.807) is 7.11 Å². The summed E-state index contributed by atoms with van der Waals surface area (Å²) >= 11 is 0. The maximum atomic E-state index is 5.06. The molecule has 0 unspecified atom stereocenters. The molecule has 0 spiro atoms. The molecular formula is C16H30N4O. The first-order chi connectivity index (χ1) is 10.2. The van der Waals surface area contributed by atoms with Crippen molar-refractivity contribution in [2.75, 3.05) is 39.9 Å². The van der Waals surface area contributed by atoms with Gasteiger partial charge in [-0.3, -0.25) is 4.68 Å². The maximum absolute atomic E-state index is 5.06. The lowest BCUT2D eigenvalue weighted by Crippen LogP contribution is -2.33. The van der Waals surface area contributed by atoms with Crippen LogP contribution in [0.15, 0.2) is 0 Å². The topological polar surface area (TPSA) is 42.3 Å². The van der Waals surface area contributed by atoms with E-state index in [9.17, 15) is 0 Å². The number of nitrogens with zero attached hydrogens (tertiary/aromatic N) is 3. The molecule has 0 radical (unpaired) electrons. The number of hydrogen-bond donors (Lipinski definition) is 1. The van der Waals surface area contributed by atoms with E-state index in [0.29, 0.717) is 0 Å². The van der Waals surface area contributed by atoms with Crippen LogP contribution in [0.2, 0.25) is 0 Å². The molecule has 1 aliphatic heterocycles. The van der Waals surface area contributed by atoms with Crippen molar-refractivity contribution in [1.82, 2.24) is 20.0 Å². The minimum absolute atomic E-state index is 0.751. The van der Waals surface area contributed by atoms with Gasteiger partial charge in [0.2, 0.25) is 0 Å². The van der Waals surface area contributed by atoms with E-state index in [2.05, 4.69) is 28.7 Å². The fourth-order valence-corrected chi connectivity index (χ4v) is 3.01. The predicted molar refractivity (Wildman–Crippen MR) is 85.6 cm³/mol. The van der Waals surface area contributed by atoms with Gasteiger partial charge >= 0.3 is 0 Å². The molecule has 1 aromatic rings. The summed E-state index contributed by atoms with van der Waals surface area (Å²) in [5.74, 6) is 0. The van der Waals surface area contributed by atoms with Crippen LogP contribution >= 0.6 is 0 Å². The van der Waals surface area contributed by atoms with E-state index < -0.39 is 0 Å². The molecule has 1 saturated heterocycles. The normalized spacial score (nSPS) is 16.5. The van der Waals surface area contributed by atoms with Gasteiger partial charge in [-0.2, -0.15) is 5.10 Å². The average molecular weight is 294 g/mol. The molecule has 21 heavy (non-hydrogen) atoms. The molecular weight excluding hydrogens is 264 g/mol. The van der Waals surface area contributed by atoms with Crippen molar-refractivity contribution in [3.05, 3.63) is 17.0 Å². The van der Waals surface area contributed by atoms with E-state index in [1.165, 1.54) is 43.6 Å². The monoisotopic (exact) mass is 294 g/mol. The molecule has 0 aromatic carbocycles. The number of aryl methyl sites for hydroxylation is 1. The molecule has 1 N–H and O–H groups in total. The van der Waals surface area contributed by atoms with Gasteiger partial charge < -0.3 is 15.0 Å². The average Bonchev–Trinajstić information content (AvgIpc) is 2.77. The number of ether oxygens (including phenoxy) is 1. The summed E-state index contributed by atoms with van der Waals surface area (Å²) in [4.78, 5) is 2.57. The first kappa shape index (κ1) is 16.5. The smallest absolute Gasteiger partial charge is 0.0641 e. The highest BCUT2D eigenvalue weighted by atomic mass is 16.5. The summed E-state index contributed by atoms with van der Waals surface area (Å²) in [5.41, 5.74) is 3.79. The summed E-state index contributed by atoms with van der Waals surface area (Å²) in [7, 11) is 1.73. The fourth-order valence-electron chi connectivity index (χ4n) is 3.01. The minimum atomic E-state index is 0.751. The molecule has 1 aliphatic rings. The Morgan fingerprint density at radius 2 is 1.90 bits per heavy atom. The highest BCUT2D eigenvalue weighted by Crippen LogP contribution is 2.14. The zero-order chi connectivity index (χ0) is 15.1. The minimum Gasteiger partial charge on any atom is -0.383 e. The molecule has 120 valence electrons. The third-order valence-electron chi connectivity index (χ3n) is 4.39. The van der Waals surface area contributed by atoms with Crippen molar-refractivity contribution in [1.29, 1.82) is 0 Å². The van der Waals surface area contributed by atoms with Crippen LogP contribution in [-0.4, -0.2) is 54.6 Å². The Bertz CT molecular complexity index is 424. The van der Waals surface area contributed by atoms with Gasteiger partial charge in [0.05, 0.1) is 18.8 Å². The number of piperidine rings is 1. The van der Waals surface area contributed by atoms with Gasteiger partial charge in [0.1, 0.15) is 0 Å². The Balaban J connectivity index is 1.85. The Kier molecular flexibility index (Phi) is 6.67. The van der Waals surface area contributed by atoms with E-state index in [4.69, 9.17) is 9.84 Å². The molecule has 0 amide bonds. The molecule has 5 nitrogen and oxygen atoms in total. The van der Waals surface area contributed by atoms with Crippen molar-refractivity contribution in [2.45, 2.75) is 46.2 Å². The number of methoxy groups -OCH3 is 1. The molecule has 2 heterocycles. The SMILES string of the molecule is COCCNCc1c(C)nn(CCN2CCCCC2)c1C. The van der Waals surface area contributed by atoms with Gasteiger partial charge in [-0.1, -0.05) is 6.42 Å². The molecule has 0 atom stereocenters. The maximum Gasteiger partial charge on any atom is 0.0641 e. The Hall–Kier alpha value is -0.910. The third kappa shape index (κ3) is 4.80. The van der Waals surface area contributed by atoms with Crippen LogP contribution in [0.1, 0.15) is 36.2 Å². The molecule has 5 heteroatoms. The van der Waals surface area contributed by atoms with E-state index in [0.717, 1.165) is 38.5 Å². The molecule has 0 bridgehead atoms. The van der Waals surface area contributed by atoms with Gasteiger partial charge in [0.25, 0.3) is 0 Å². The summed E-state index contributed by atoms with van der Waals surface area (Å²) in [6.07, 6.45) is 4.10. The van der Waals surface area contributed by atoms with Crippen molar-refractivity contribution in [3.8, 4) is 0 Å². The van der Waals surface area contributed by atoms with Crippen LogP contribution in [-0.2, 0) is 17.8 Å². The van der Waals surface area contributed by atoms with Crippen LogP contribution in [0, 0.1) is 13.8 Å². The van der Waals surface area contributed by atoms with Crippen LogP contribution in [0.5, 0.6) is 0 Å². The van der Waals surface area contributed by atoms with Crippen LogP contribution in [0.3, 0.4) is 0 Å². The largest absolute Gasteiger partial charge is 0.383 e. The zero-order valence-electron chi connectivity index (χ0n) is 13.8. The quantitative estimate of drug-likeness (QED) is 0.741. The Labute approximate surface area is 128 Å². The fraction of sp³-hybridized carbons (Fsp3) is 0.812. The van der Waals surface area contributed by atoms with Crippen molar-refractivity contribution >= 4 is 0 Å². The number of rotatable bonds is 8. The molecule has 0 saturated carbocycles. The highest BCUT2D eigenvalue weighted by Gasteiger charge is 2.13.